The highest BCUT2D eigenvalue weighted by Crippen LogP contribution is 2.32. The summed E-state index contributed by atoms with van der Waals surface area (Å²) in [5.74, 6) is -0.190. The third-order valence-electron chi connectivity index (χ3n) is 4.43. The molecule has 0 aliphatic heterocycles. The molecular weight excluding hydrogens is 344 g/mol. The normalized spacial score (nSPS) is 14.9. The molecule has 1 atom stereocenters. The Kier molecular flexibility index (Phi) is 6.13. The number of likely N-dealkylation sites (N-methyl/N-ethyl adjacent to an activating group) is 1. The first kappa shape index (κ1) is 20.7. The second-order valence-electron chi connectivity index (χ2n) is 8.12. The smallest absolute Gasteiger partial charge is 0.322 e. The molecule has 148 valence electrons. The lowest BCUT2D eigenvalue weighted by Crippen LogP contribution is -2.52. The van der Waals surface area contributed by atoms with Gasteiger partial charge in [0.1, 0.15) is 6.04 Å². The monoisotopic (exact) mass is 374 g/mol. The number of nitrogens with zero attached hydrogens (tertiary/aromatic N) is 2. The van der Waals surface area contributed by atoms with Crippen molar-refractivity contribution in [2.75, 3.05) is 17.3 Å². The van der Waals surface area contributed by atoms with Crippen molar-refractivity contribution in [3.8, 4) is 0 Å². The van der Waals surface area contributed by atoms with Crippen LogP contribution in [0.15, 0.2) is 24.3 Å². The van der Waals surface area contributed by atoms with Crippen LogP contribution < -0.4 is 15.5 Å². The van der Waals surface area contributed by atoms with Crippen LogP contribution in [0.25, 0.3) is 0 Å². The minimum absolute atomic E-state index is 0.0210. The Morgan fingerprint density at radius 3 is 2.11 bits per heavy atom. The number of hydrogen-bond donors (Lipinski definition) is 2. The molecule has 0 aromatic heterocycles. The van der Waals surface area contributed by atoms with Crippen LogP contribution in [0, 0.1) is 0 Å². The maximum absolute atomic E-state index is 12.4. The summed E-state index contributed by atoms with van der Waals surface area (Å²) in [4.78, 5) is 39.7. The summed E-state index contributed by atoms with van der Waals surface area (Å²) in [5, 5.41) is 5.65. The molecule has 1 fully saturated rings. The quantitative estimate of drug-likeness (QED) is 0.831. The molecule has 27 heavy (non-hydrogen) atoms. The number of anilines is 2. The number of carbonyl (C=O) groups excluding carboxylic acids is 3. The largest absolute Gasteiger partial charge is 0.350 e. The van der Waals surface area contributed by atoms with Gasteiger partial charge in [0, 0.05) is 36.9 Å². The van der Waals surface area contributed by atoms with E-state index in [2.05, 4.69) is 10.6 Å². The fourth-order valence-corrected chi connectivity index (χ4v) is 2.73. The van der Waals surface area contributed by atoms with E-state index in [4.69, 9.17) is 0 Å². The third kappa shape index (κ3) is 5.70. The van der Waals surface area contributed by atoms with Gasteiger partial charge >= 0.3 is 6.03 Å². The molecule has 7 heteroatoms. The van der Waals surface area contributed by atoms with Crippen molar-refractivity contribution < 1.29 is 14.4 Å². The van der Waals surface area contributed by atoms with Crippen LogP contribution in [0.1, 0.15) is 47.5 Å². The van der Waals surface area contributed by atoms with E-state index in [1.807, 2.05) is 32.9 Å². The van der Waals surface area contributed by atoms with Gasteiger partial charge in [-0.05, 0) is 64.8 Å². The molecule has 1 saturated carbocycles. The molecule has 1 unspecified atom stereocenters. The number of urea groups is 1. The molecule has 0 bridgehead atoms. The molecule has 1 aliphatic carbocycles. The second kappa shape index (κ2) is 7.98. The summed E-state index contributed by atoms with van der Waals surface area (Å²) >= 11 is 0. The van der Waals surface area contributed by atoms with Gasteiger partial charge in [-0.1, -0.05) is 0 Å². The predicted octanol–water partition coefficient (Wildman–Crippen LogP) is 2.97. The van der Waals surface area contributed by atoms with Crippen molar-refractivity contribution >= 4 is 29.2 Å². The summed E-state index contributed by atoms with van der Waals surface area (Å²) in [6.45, 7) is 8.93. The lowest BCUT2D eigenvalue weighted by molar-refractivity contribution is -0.126. The van der Waals surface area contributed by atoms with E-state index in [0.717, 1.165) is 18.5 Å². The van der Waals surface area contributed by atoms with Gasteiger partial charge in [-0.15, -0.1) is 0 Å². The lowest BCUT2D eigenvalue weighted by Gasteiger charge is -2.28. The van der Waals surface area contributed by atoms with Gasteiger partial charge in [0.25, 0.3) is 0 Å². The SMILES string of the molecule is CC(=O)N(c1ccc(NC(=O)N(C)C(C)C(=O)NC(C)(C)C)cc1)C1CC1. The predicted molar refractivity (Wildman–Crippen MR) is 107 cm³/mol. The van der Waals surface area contributed by atoms with Gasteiger partial charge < -0.3 is 20.4 Å². The van der Waals surface area contributed by atoms with E-state index in [1.54, 1.807) is 37.9 Å². The van der Waals surface area contributed by atoms with Crippen LogP contribution in [0.3, 0.4) is 0 Å². The zero-order chi connectivity index (χ0) is 20.4. The Morgan fingerprint density at radius 1 is 1.11 bits per heavy atom. The molecule has 0 radical (unpaired) electrons. The summed E-state index contributed by atoms with van der Waals surface area (Å²) < 4.78 is 0. The zero-order valence-corrected chi connectivity index (χ0v) is 17.0. The second-order valence-corrected chi connectivity index (χ2v) is 8.12. The van der Waals surface area contributed by atoms with Gasteiger partial charge in [-0.2, -0.15) is 0 Å². The molecule has 2 rings (SSSR count). The summed E-state index contributed by atoms with van der Waals surface area (Å²) in [7, 11) is 1.58. The highest BCUT2D eigenvalue weighted by atomic mass is 16.2. The van der Waals surface area contributed by atoms with Gasteiger partial charge in [0.15, 0.2) is 0 Å². The van der Waals surface area contributed by atoms with Gasteiger partial charge in [0.05, 0.1) is 0 Å². The van der Waals surface area contributed by atoms with E-state index in [0.29, 0.717) is 5.69 Å². The molecule has 4 amide bonds. The highest BCUT2D eigenvalue weighted by Gasteiger charge is 2.32. The number of nitrogens with one attached hydrogen (secondary N) is 2. The summed E-state index contributed by atoms with van der Waals surface area (Å²) in [6, 6.07) is 6.49. The highest BCUT2D eigenvalue weighted by molar-refractivity contribution is 5.95. The van der Waals surface area contributed by atoms with Crippen LogP contribution in [0.2, 0.25) is 0 Å². The van der Waals surface area contributed by atoms with E-state index in [9.17, 15) is 14.4 Å². The van der Waals surface area contributed by atoms with E-state index >= 15 is 0 Å². The molecule has 0 spiro atoms. The van der Waals surface area contributed by atoms with Crippen molar-refractivity contribution in [3.63, 3.8) is 0 Å². The molecule has 1 aromatic rings. The molecule has 0 heterocycles. The third-order valence-corrected chi connectivity index (χ3v) is 4.43. The van der Waals surface area contributed by atoms with Crippen molar-refractivity contribution in [1.82, 2.24) is 10.2 Å². The van der Waals surface area contributed by atoms with Crippen LogP contribution in [-0.2, 0) is 9.59 Å². The van der Waals surface area contributed by atoms with Crippen LogP contribution in [-0.4, -0.2) is 47.4 Å². The number of benzene rings is 1. The van der Waals surface area contributed by atoms with Gasteiger partial charge in [-0.3, -0.25) is 9.59 Å². The zero-order valence-electron chi connectivity index (χ0n) is 17.0. The first-order valence-electron chi connectivity index (χ1n) is 9.25. The standard InChI is InChI=1S/C20H30N4O3/c1-13(18(26)22-20(3,4)5)23(6)19(27)21-15-7-9-16(10-8-15)24(14(2)25)17-11-12-17/h7-10,13,17H,11-12H2,1-6H3,(H,21,27)(H,22,26). The molecule has 7 nitrogen and oxygen atoms in total. The Morgan fingerprint density at radius 2 is 1.67 bits per heavy atom. The van der Waals surface area contributed by atoms with Crippen molar-refractivity contribution in [2.45, 2.75) is 65.1 Å². The molecule has 1 aromatic carbocycles. The molecular formula is C20H30N4O3. The molecule has 2 N–H and O–H groups in total. The Hall–Kier alpha value is -2.57. The van der Waals surface area contributed by atoms with Gasteiger partial charge in [0.2, 0.25) is 11.8 Å². The average molecular weight is 374 g/mol. The Labute approximate surface area is 161 Å². The average Bonchev–Trinajstić information content (AvgIpc) is 3.38. The van der Waals surface area contributed by atoms with Crippen LogP contribution in [0.4, 0.5) is 16.2 Å². The number of hydrogen-bond acceptors (Lipinski definition) is 3. The lowest BCUT2D eigenvalue weighted by atomic mass is 10.1. The Balaban J connectivity index is 1.98. The van der Waals surface area contributed by atoms with Crippen LogP contribution >= 0.6 is 0 Å². The van der Waals surface area contributed by atoms with E-state index in [1.165, 1.54) is 4.90 Å². The fraction of sp³-hybridized carbons (Fsp3) is 0.550. The number of amides is 4. The number of rotatable bonds is 5. The maximum Gasteiger partial charge on any atom is 0.322 e. The Bertz CT molecular complexity index is 705. The van der Waals surface area contributed by atoms with Gasteiger partial charge in [-0.25, -0.2) is 4.79 Å². The van der Waals surface area contributed by atoms with Crippen LogP contribution in [0.5, 0.6) is 0 Å². The van der Waals surface area contributed by atoms with Crippen molar-refractivity contribution in [2.24, 2.45) is 0 Å². The first-order chi connectivity index (χ1) is 12.5. The first-order valence-corrected chi connectivity index (χ1v) is 9.25. The van der Waals surface area contributed by atoms with E-state index < -0.39 is 6.04 Å². The molecule has 1 aliphatic rings. The topological polar surface area (TPSA) is 81.8 Å². The number of carbonyl (C=O) groups is 3. The summed E-state index contributed by atoms with van der Waals surface area (Å²) in [5.41, 5.74) is 1.08. The minimum Gasteiger partial charge on any atom is -0.350 e. The minimum atomic E-state index is -0.605. The molecule has 0 saturated heterocycles. The fourth-order valence-electron chi connectivity index (χ4n) is 2.73. The van der Waals surface area contributed by atoms with Crippen molar-refractivity contribution in [1.29, 1.82) is 0 Å². The maximum atomic E-state index is 12.4. The van der Waals surface area contributed by atoms with E-state index in [-0.39, 0.29) is 29.4 Å². The van der Waals surface area contributed by atoms with Crippen molar-refractivity contribution in [3.05, 3.63) is 24.3 Å². The summed E-state index contributed by atoms with van der Waals surface area (Å²) in [6.07, 6.45) is 2.05.